The molecule has 1 saturated heterocycles. The number of sulfonamides is 1. The number of amides is 2. The molecule has 2 fully saturated rings. The van der Waals surface area contributed by atoms with Crippen molar-refractivity contribution >= 4 is 33.4 Å². The van der Waals surface area contributed by atoms with E-state index in [0.29, 0.717) is 11.1 Å². The molecule has 4 rings (SSSR count). The SMILES string of the molecule is CCNS(=O)(=O)c1cc(CC(=O)N2CCCC2)ccc1-c1cnc(C2CCC(NC(=O)OC(C)C)CC2)s1. The van der Waals surface area contributed by atoms with Crippen LogP contribution in [-0.2, 0) is 26.0 Å². The second kappa shape index (κ2) is 12.6. The highest BCUT2D eigenvalue weighted by molar-refractivity contribution is 7.89. The number of carbonyl (C=O) groups excluding carboxylic acids is 2. The van der Waals surface area contributed by atoms with Gasteiger partial charge in [0.2, 0.25) is 15.9 Å². The molecule has 2 N–H and O–H groups in total. The van der Waals surface area contributed by atoms with Gasteiger partial charge >= 0.3 is 6.09 Å². The number of rotatable bonds is 9. The fourth-order valence-corrected chi connectivity index (χ4v) is 7.62. The Bertz CT molecular complexity index is 1230. The van der Waals surface area contributed by atoms with Gasteiger partial charge in [0, 0.05) is 43.4 Å². The summed E-state index contributed by atoms with van der Waals surface area (Å²) >= 11 is 1.51. The lowest BCUT2D eigenvalue weighted by Crippen LogP contribution is -2.38. The second-order valence-electron chi connectivity index (χ2n) is 10.3. The zero-order chi connectivity index (χ0) is 27.3. The van der Waals surface area contributed by atoms with Crippen molar-refractivity contribution in [1.82, 2.24) is 19.9 Å². The number of benzene rings is 1. The van der Waals surface area contributed by atoms with E-state index in [9.17, 15) is 18.0 Å². The largest absolute Gasteiger partial charge is 0.447 e. The minimum atomic E-state index is -3.76. The van der Waals surface area contributed by atoms with Crippen molar-refractivity contribution in [3.63, 3.8) is 0 Å². The van der Waals surface area contributed by atoms with Crippen LogP contribution < -0.4 is 10.0 Å². The quantitative estimate of drug-likeness (QED) is 0.467. The Morgan fingerprint density at radius 2 is 1.87 bits per heavy atom. The Hall–Kier alpha value is -2.50. The first-order valence-electron chi connectivity index (χ1n) is 13.5. The second-order valence-corrected chi connectivity index (χ2v) is 13.1. The molecule has 1 aromatic heterocycles. The number of aromatic nitrogens is 1. The number of nitrogens with one attached hydrogen (secondary N) is 2. The van der Waals surface area contributed by atoms with Crippen molar-refractivity contribution in [1.29, 1.82) is 0 Å². The van der Waals surface area contributed by atoms with Crippen molar-refractivity contribution in [2.75, 3.05) is 19.6 Å². The molecule has 0 unspecified atom stereocenters. The summed E-state index contributed by atoms with van der Waals surface area (Å²) in [5.41, 5.74) is 1.28. The Morgan fingerprint density at radius 3 is 2.53 bits per heavy atom. The summed E-state index contributed by atoms with van der Waals surface area (Å²) in [6, 6.07) is 5.37. The zero-order valence-corrected chi connectivity index (χ0v) is 24.0. The minimum Gasteiger partial charge on any atom is -0.447 e. The molecule has 0 atom stereocenters. The molecule has 38 heavy (non-hydrogen) atoms. The van der Waals surface area contributed by atoms with Crippen molar-refractivity contribution in [2.24, 2.45) is 0 Å². The van der Waals surface area contributed by atoms with Crippen LogP contribution in [0.3, 0.4) is 0 Å². The van der Waals surface area contributed by atoms with Crippen molar-refractivity contribution in [3.8, 4) is 10.4 Å². The van der Waals surface area contributed by atoms with Crippen LogP contribution in [0.1, 0.15) is 75.8 Å². The highest BCUT2D eigenvalue weighted by atomic mass is 32.2. The average molecular weight is 563 g/mol. The van der Waals surface area contributed by atoms with Crippen LogP contribution in [0.4, 0.5) is 4.79 Å². The van der Waals surface area contributed by atoms with E-state index >= 15 is 0 Å². The van der Waals surface area contributed by atoms with Crippen LogP contribution in [0, 0.1) is 0 Å². The fourth-order valence-electron chi connectivity index (χ4n) is 5.12. The Morgan fingerprint density at radius 1 is 1.16 bits per heavy atom. The van der Waals surface area contributed by atoms with Crippen LogP contribution in [0.15, 0.2) is 29.3 Å². The summed E-state index contributed by atoms with van der Waals surface area (Å²) < 4.78 is 34.1. The number of carbonyl (C=O) groups is 2. The summed E-state index contributed by atoms with van der Waals surface area (Å²) in [6.07, 6.45) is 6.90. The molecule has 0 radical (unpaired) electrons. The molecule has 2 aliphatic rings. The lowest BCUT2D eigenvalue weighted by Gasteiger charge is -2.28. The third-order valence-corrected chi connectivity index (χ3v) is 9.79. The van der Waals surface area contributed by atoms with Gasteiger partial charge in [0.25, 0.3) is 0 Å². The van der Waals surface area contributed by atoms with Gasteiger partial charge in [-0.25, -0.2) is 22.9 Å². The van der Waals surface area contributed by atoms with Crippen LogP contribution in [0.2, 0.25) is 0 Å². The maximum Gasteiger partial charge on any atom is 0.407 e. The summed E-state index contributed by atoms with van der Waals surface area (Å²) in [5.74, 6) is 0.295. The lowest BCUT2D eigenvalue weighted by molar-refractivity contribution is -0.129. The van der Waals surface area contributed by atoms with E-state index in [4.69, 9.17) is 4.74 Å². The number of hydrogen-bond donors (Lipinski definition) is 2. The van der Waals surface area contributed by atoms with Crippen molar-refractivity contribution in [2.45, 2.75) is 88.7 Å². The van der Waals surface area contributed by atoms with Crippen LogP contribution in [0.5, 0.6) is 0 Å². The maximum atomic E-state index is 13.2. The standard InChI is InChI=1S/C27H38N4O5S2/c1-4-29-38(34,35)24-15-19(16-25(32)31-13-5-6-14-31)7-12-22(24)23-17-28-26(37-23)20-8-10-21(11-9-20)30-27(33)36-18(2)3/h7,12,15,17-18,20-21,29H,4-6,8-11,13-14,16H2,1-3H3,(H,30,33). The molecular formula is C27H38N4O5S2. The predicted octanol–water partition coefficient (Wildman–Crippen LogP) is 4.43. The Kier molecular flexibility index (Phi) is 9.43. The number of thiazole rings is 1. The summed E-state index contributed by atoms with van der Waals surface area (Å²) in [4.78, 5) is 32.1. The molecule has 0 spiro atoms. The van der Waals surface area contributed by atoms with Gasteiger partial charge in [-0.1, -0.05) is 19.1 Å². The highest BCUT2D eigenvalue weighted by Gasteiger charge is 2.28. The third kappa shape index (κ3) is 7.12. The molecular weight excluding hydrogens is 524 g/mol. The van der Waals surface area contributed by atoms with E-state index in [2.05, 4.69) is 15.0 Å². The normalized spacial score (nSPS) is 20.1. The van der Waals surface area contributed by atoms with Crippen molar-refractivity contribution < 1.29 is 22.7 Å². The monoisotopic (exact) mass is 562 g/mol. The van der Waals surface area contributed by atoms with Gasteiger partial charge in [-0.05, 0) is 64.0 Å². The fraction of sp³-hybridized carbons (Fsp3) is 0.593. The molecule has 11 heteroatoms. The molecule has 9 nitrogen and oxygen atoms in total. The predicted molar refractivity (Wildman–Crippen MR) is 148 cm³/mol. The van der Waals surface area contributed by atoms with Gasteiger partial charge in [0.1, 0.15) is 0 Å². The smallest absolute Gasteiger partial charge is 0.407 e. The molecule has 2 aromatic rings. The lowest BCUT2D eigenvalue weighted by atomic mass is 9.86. The maximum absolute atomic E-state index is 13.2. The molecule has 2 heterocycles. The Labute approximate surface area is 229 Å². The molecule has 2 amide bonds. The molecule has 1 aliphatic heterocycles. The van der Waals surface area contributed by atoms with Crippen LogP contribution in [0.25, 0.3) is 10.4 Å². The topological polar surface area (TPSA) is 118 Å². The van der Waals surface area contributed by atoms with Gasteiger partial charge in [-0.2, -0.15) is 0 Å². The minimum absolute atomic E-state index is 0.0321. The van der Waals surface area contributed by atoms with Gasteiger partial charge in [0.15, 0.2) is 0 Å². The van der Waals surface area contributed by atoms with E-state index in [1.54, 1.807) is 25.3 Å². The molecule has 1 aliphatic carbocycles. The summed E-state index contributed by atoms with van der Waals surface area (Å²) in [7, 11) is -3.76. The van der Waals surface area contributed by atoms with E-state index < -0.39 is 10.0 Å². The number of likely N-dealkylation sites (tertiary alicyclic amines) is 1. The molecule has 208 valence electrons. The summed E-state index contributed by atoms with van der Waals surface area (Å²) in [5, 5.41) is 3.92. The van der Waals surface area contributed by atoms with Gasteiger partial charge in [-0.3, -0.25) is 4.79 Å². The van der Waals surface area contributed by atoms with Crippen LogP contribution in [-0.4, -0.2) is 62.1 Å². The summed E-state index contributed by atoms with van der Waals surface area (Å²) in [6.45, 7) is 7.21. The average Bonchev–Trinajstić information content (AvgIpc) is 3.57. The Balaban J connectivity index is 1.49. The number of nitrogens with zero attached hydrogens (tertiary/aromatic N) is 2. The van der Waals surface area contributed by atoms with Crippen molar-refractivity contribution in [3.05, 3.63) is 35.0 Å². The third-order valence-electron chi connectivity index (χ3n) is 7.01. The first-order chi connectivity index (χ1) is 18.2. The highest BCUT2D eigenvalue weighted by Crippen LogP contribution is 2.39. The van der Waals surface area contributed by atoms with Gasteiger partial charge in [0.05, 0.1) is 27.3 Å². The van der Waals surface area contributed by atoms with Gasteiger partial charge < -0.3 is 15.0 Å². The van der Waals surface area contributed by atoms with E-state index in [1.807, 2.05) is 24.8 Å². The molecule has 0 bridgehead atoms. The first kappa shape index (κ1) is 28.5. The molecule has 1 aromatic carbocycles. The first-order valence-corrected chi connectivity index (χ1v) is 15.8. The number of ether oxygens (including phenoxy) is 1. The van der Waals surface area contributed by atoms with Gasteiger partial charge in [-0.15, -0.1) is 11.3 Å². The number of alkyl carbamates (subject to hydrolysis) is 1. The van der Waals surface area contributed by atoms with Crippen LogP contribution >= 0.6 is 11.3 Å². The van der Waals surface area contributed by atoms with E-state index in [0.717, 1.165) is 61.5 Å². The number of hydrogen-bond acceptors (Lipinski definition) is 7. The van der Waals surface area contributed by atoms with E-state index in [-0.39, 0.29) is 47.9 Å². The van der Waals surface area contributed by atoms with E-state index in [1.165, 1.54) is 11.3 Å². The molecule has 1 saturated carbocycles. The zero-order valence-electron chi connectivity index (χ0n) is 22.4.